The number of hydrogen-bond donors (Lipinski definition) is 1. The van der Waals surface area contributed by atoms with Crippen LogP contribution in [-0.2, 0) is 6.54 Å². The number of nitrogens with one attached hydrogen (secondary N) is 1. The Morgan fingerprint density at radius 2 is 1.92 bits per heavy atom. The summed E-state index contributed by atoms with van der Waals surface area (Å²) in [4.78, 5) is 17.0. The number of thiophene rings is 1. The number of rotatable bonds is 7. The highest BCUT2D eigenvalue weighted by atomic mass is 35.5. The second-order valence-electron chi connectivity index (χ2n) is 9.35. The van der Waals surface area contributed by atoms with Crippen LogP contribution in [0.1, 0.15) is 42.9 Å². The van der Waals surface area contributed by atoms with Crippen LogP contribution >= 0.6 is 46.1 Å². The molecule has 1 amide bonds. The molecule has 0 bridgehead atoms. The van der Waals surface area contributed by atoms with E-state index in [0.717, 1.165) is 30.8 Å². The van der Waals surface area contributed by atoms with Crippen LogP contribution in [0.3, 0.4) is 0 Å². The molecule has 0 saturated carbocycles. The standard InChI is InChI=1S/C26H26Cl3N5O2S/c1-15(2)33-9-7-17(8-10-33)31-26(35)25-20(19-4-3-16(27)11-21(19)28)13-30-34(25)14-18-12-22(36-32-18)23-5-6-24(29)37-23/h3-6,11-13,15,17H,7-10,14H2,1-2H3,(H,31,35). The Morgan fingerprint density at radius 3 is 2.59 bits per heavy atom. The maximum absolute atomic E-state index is 13.7. The minimum absolute atomic E-state index is 0.0848. The lowest BCUT2D eigenvalue weighted by molar-refractivity contribution is 0.0891. The van der Waals surface area contributed by atoms with Crippen LogP contribution in [0.2, 0.25) is 14.4 Å². The van der Waals surface area contributed by atoms with Crippen LogP contribution in [0.5, 0.6) is 0 Å². The molecule has 7 nitrogen and oxygen atoms in total. The lowest BCUT2D eigenvalue weighted by Gasteiger charge is -2.34. The van der Waals surface area contributed by atoms with Gasteiger partial charge in [-0.1, -0.05) is 46.0 Å². The first-order valence-electron chi connectivity index (χ1n) is 12.1. The SMILES string of the molecule is CC(C)N1CCC(NC(=O)c2c(-c3ccc(Cl)cc3Cl)cnn2Cc2cc(-c3ccc(Cl)s3)on2)CC1. The zero-order valence-electron chi connectivity index (χ0n) is 20.4. The van der Waals surface area contributed by atoms with Crippen molar-refractivity contribution in [1.29, 1.82) is 0 Å². The molecule has 0 radical (unpaired) electrons. The molecule has 194 valence electrons. The van der Waals surface area contributed by atoms with Crippen LogP contribution in [0.15, 0.2) is 47.1 Å². The van der Waals surface area contributed by atoms with Crippen molar-refractivity contribution in [3.8, 4) is 21.8 Å². The third kappa shape index (κ3) is 5.89. The van der Waals surface area contributed by atoms with E-state index in [2.05, 4.69) is 34.3 Å². The van der Waals surface area contributed by atoms with E-state index in [1.165, 1.54) is 11.3 Å². The van der Waals surface area contributed by atoms with E-state index in [1.807, 2.05) is 18.2 Å². The summed E-state index contributed by atoms with van der Waals surface area (Å²) in [6, 6.07) is 11.3. The summed E-state index contributed by atoms with van der Waals surface area (Å²) in [5.74, 6) is 0.415. The zero-order chi connectivity index (χ0) is 26.1. The highest BCUT2D eigenvalue weighted by Crippen LogP contribution is 2.34. The zero-order valence-corrected chi connectivity index (χ0v) is 23.5. The summed E-state index contributed by atoms with van der Waals surface area (Å²) in [5, 5.41) is 12.9. The second-order valence-corrected chi connectivity index (χ2v) is 11.9. The topological polar surface area (TPSA) is 76.2 Å². The molecule has 37 heavy (non-hydrogen) atoms. The number of amides is 1. The highest BCUT2D eigenvalue weighted by molar-refractivity contribution is 7.19. The third-order valence-corrected chi connectivity index (χ3v) is 8.35. The fourth-order valence-corrected chi connectivity index (χ4v) is 6.07. The van der Waals surface area contributed by atoms with E-state index < -0.39 is 0 Å². The maximum Gasteiger partial charge on any atom is 0.270 e. The quantitative estimate of drug-likeness (QED) is 0.259. The summed E-state index contributed by atoms with van der Waals surface area (Å²) in [5.41, 5.74) is 2.37. The normalized spacial score (nSPS) is 15.0. The van der Waals surface area contributed by atoms with Gasteiger partial charge in [-0.15, -0.1) is 11.3 Å². The van der Waals surface area contributed by atoms with E-state index >= 15 is 0 Å². The maximum atomic E-state index is 13.7. The molecule has 11 heteroatoms. The van der Waals surface area contributed by atoms with Crippen LogP contribution in [-0.4, -0.2) is 50.9 Å². The summed E-state index contributed by atoms with van der Waals surface area (Å²) in [7, 11) is 0. The minimum Gasteiger partial charge on any atom is -0.355 e. The lowest BCUT2D eigenvalue weighted by Crippen LogP contribution is -2.47. The van der Waals surface area contributed by atoms with Gasteiger partial charge in [-0.2, -0.15) is 5.10 Å². The molecule has 3 aromatic heterocycles. The van der Waals surface area contributed by atoms with E-state index in [1.54, 1.807) is 29.1 Å². The van der Waals surface area contributed by atoms with Gasteiger partial charge in [0.1, 0.15) is 11.4 Å². The fraction of sp³-hybridized carbons (Fsp3) is 0.346. The first-order chi connectivity index (χ1) is 17.8. The van der Waals surface area contributed by atoms with Gasteiger partial charge in [0.25, 0.3) is 5.91 Å². The molecule has 0 atom stereocenters. The summed E-state index contributed by atoms with van der Waals surface area (Å²) < 4.78 is 7.84. The Kier molecular flexibility index (Phi) is 7.93. The van der Waals surface area contributed by atoms with Gasteiger partial charge in [-0.3, -0.25) is 9.48 Å². The molecule has 1 aliphatic rings. The van der Waals surface area contributed by atoms with Crippen molar-refractivity contribution in [3.05, 3.63) is 68.4 Å². The van der Waals surface area contributed by atoms with Crippen molar-refractivity contribution in [2.75, 3.05) is 13.1 Å². The Bertz CT molecular complexity index is 1400. The van der Waals surface area contributed by atoms with Crippen LogP contribution < -0.4 is 5.32 Å². The smallest absolute Gasteiger partial charge is 0.270 e. The lowest BCUT2D eigenvalue weighted by atomic mass is 10.0. The number of halogens is 3. The number of nitrogens with zero attached hydrogens (tertiary/aromatic N) is 4. The number of benzene rings is 1. The molecule has 0 aliphatic carbocycles. The van der Waals surface area contributed by atoms with Crippen molar-refractivity contribution in [2.45, 2.75) is 45.3 Å². The van der Waals surface area contributed by atoms with Crippen molar-refractivity contribution in [3.63, 3.8) is 0 Å². The number of hydrogen-bond acceptors (Lipinski definition) is 6. The molecular weight excluding hydrogens is 553 g/mol. The average molecular weight is 579 g/mol. The number of aromatic nitrogens is 3. The molecule has 0 spiro atoms. The van der Waals surface area contributed by atoms with Crippen molar-refractivity contribution < 1.29 is 9.32 Å². The van der Waals surface area contributed by atoms with E-state index in [0.29, 0.717) is 48.7 Å². The molecule has 5 rings (SSSR count). The van der Waals surface area contributed by atoms with Gasteiger partial charge in [0.05, 0.1) is 27.0 Å². The first-order valence-corrected chi connectivity index (χ1v) is 14.0. The van der Waals surface area contributed by atoms with Crippen LogP contribution in [0.25, 0.3) is 21.8 Å². The van der Waals surface area contributed by atoms with Crippen molar-refractivity contribution >= 4 is 52.0 Å². The van der Waals surface area contributed by atoms with E-state index in [-0.39, 0.29) is 18.5 Å². The van der Waals surface area contributed by atoms with Gasteiger partial charge in [0.15, 0.2) is 5.76 Å². The van der Waals surface area contributed by atoms with Crippen molar-refractivity contribution in [1.82, 2.24) is 25.2 Å². The summed E-state index contributed by atoms with van der Waals surface area (Å²) in [6.45, 7) is 6.55. The molecule has 1 aliphatic heterocycles. The average Bonchev–Trinajstić information content (AvgIpc) is 3.60. The molecule has 1 aromatic carbocycles. The Balaban J connectivity index is 1.43. The van der Waals surface area contributed by atoms with Gasteiger partial charge in [-0.25, -0.2) is 0 Å². The summed E-state index contributed by atoms with van der Waals surface area (Å²) >= 11 is 20.1. The molecule has 1 N–H and O–H groups in total. The van der Waals surface area contributed by atoms with E-state index in [9.17, 15) is 4.79 Å². The van der Waals surface area contributed by atoms with Gasteiger partial charge in [-0.05, 0) is 51.0 Å². The molecule has 4 heterocycles. The largest absolute Gasteiger partial charge is 0.355 e. The van der Waals surface area contributed by atoms with Gasteiger partial charge < -0.3 is 14.7 Å². The Labute approximate surface area is 234 Å². The fourth-order valence-electron chi connectivity index (χ4n) is 4.57. The highest BCUT2D eigenvalue weighted by Gasteiger charge is 2.27. The van der Waals surface area contributed by atoms with Gasteiger partial charge in [0, 0.05) is 47.4 Å². The predicted octanol–water partition coefficient (Wildman–Crippen LogP) is 6.88. The Hall–Kier alpha value is -2.36. The molecular formula is C26H26Cl3N5O2S. The Morgan fingerprint density at radius 1 is 1.14 bits per heavy atom. The molecule has 1 saturated heterocycles. The van der Waals surface area contributed by atoms with Gasteiger partial charge >= 0.3 is 0 Å². The number of carbonyl (C=O) groups is 1. The molecule has 4 aromatic rings. The second kappa shape index (κ2) is 11.2. The number of likely N-dealkylation sites (tertiary alicyclic amines) is 1. The molecule has 0 unspecified atom stereocenters. The number of carbonyl (C=O) groups excluding carboxylic acids is 1. The minimum atomic E-state index is -0.199. The van der Waals surface area contributed by atoms with Crippen LogP contribution in [0, 0.1) is 0 Å². The first kappa shape index (κ1) is 26.3. The summed E-state index contributed by atoms with van der Waals surface area (Å²) in [6.07, 6.45) is 3.45. The predicted molar refractivity (Wildman–Crippen MR) is 149 cm³/mol. The molecule has 1 fully saturated rings. The van der Waals surface area contributed by atoms with Gasteiger partial charge in [0.2, 0.25) is 0 Å². The van der Waals surface area contributed by atoms with Crippen molar-refractivity contribution in [2.24, 2.45) is 0 Å². The monoisotopic (exact) mass is 577 g/mol. The third-order valence-electron chi connectivity index (χ3n) is 6.56. The van der Waals surface area contributed by atoms with Crippen LogP contribution in [0.4, 0.5) is 0 Å². The van der Waals surface area contributed by atoms with E-state index in [4.69, 9.17) is 39.3 Å². The number of piperidine rings is 1.